The maximum absolute atomic E-state index is 13.0. The first-order chi connectivity index (χ1) is 19.3. The van der Waals surface area contributed by atoms with Crippen molar-refractivity contribution in [3.05, 3.63) is 71.4 Å². The van der Waals surface area contributed by atoms with E-state index in [1.165, 1.54) is 36.4 Å². The third-order valence-corrected chi connectivity index (χ3v) is 6.59. The van der Waals surface area contributed by atoms with Gasteiger partial charge in [0.25, 0.3) is 5.88 Å². The average Bonchev–Trinajstić information content (AvgIpc) is 2.87. The van der Waals surface area contributed by atoms with Crippen LogP contribution in [0.4, 0.5) is 42.5 Å². The van der Waals surface area contributed by atoms with Crippen LogP contribution in [-0.4, -0.2) is 36.0 Å². The van der Waals surface area contributed by atoms with E-state index in [1.807, 2.05) is 0 Å². The zero-order chi connectivity index (χ0) is 31.7. The van der Waals surface area contributed by atoms with Crippen molar-refractivity contribution in [2.75, 3.05) is 10.6 Å². The van der Waals surface area contributed by atoms with Crippen LogP contribution >= 0.6 is 0 Å². The van der Waals surface area contributed by atoms with Crippen molar-refractivity contribution in [2.45, 2.75) is 30.9 Å². The molecule has 2 amide bonds. The molecule has 0 saturated heterocycles. The van der Waals surface area contributed by atoms with Gasteiger partial charge >= 0.3 is 33.8 Å². The summed E-state index contributed by atoms with van der Waals surface area (Å²) in [6.07, 6.45) is -4.64. The number of nitriles is 1. The summed E-state index contributed by atoms with van der Waals surface area (Å²) < 4.78 is 105. The minimum absolute atomic E-state index is 0.0504. The number of anilines is 2. The fourth-order valence-corrected chi connectivity index (χ4v) is 3.72. The number of hydrogen-bond donors (Lipinski definition) is 3. The number of benzene rings is 2. The van der Waals surface area contributed by atoms with E-state index in [1.54, 1.807) is 0 Å². The predicted molar refractivity (Wildman–Crippen MR) is 135 cm³/mol. The molecule has 3 rings (SSSR count). The number of urea groups is 1. The molecule has 1 aromatic heterocycles. The molecule has 42 heavy (non-hydrogen) atoms. The Morgan fingerprint density at radius 2 is 1.55 bits per heavy atom. The number of carboxylic acids is 1. The topological polar surface area (TPSA) is 158 Å². The highest BCUT2D eigenvalue weighted by Gasteiger charge is 2.49. The number of aromatic nitrogens is 1. The van der Waals surface area contributed by atoms with Crippen LogP contribution in [-0.2, 0) is 26.5 Å². The number of carbonyl (C=O) groups is 2. The number of hydrogen-bond acceptors (Lipinski definition) is 7. The van der Waals surface area contributed by atoms with Crippen molar-refractivity contribution in [2.24, 2.45) is 0 Å². The number of carboxylic acid groups (broad SMARTS) is 1. The highest BCUT2D eigenvalue weighted by Crippen LogP contribution is 2.37. The van der Waals surface area contributed by atoms with E-state index in [2.05, 4.69) is 19.8 Å². The van der Waals surface area contributed by atoms with Crippen LogP contribution in [0.1, 0.15) is 30.7 Å². The Hall–Kier alpha value is -4.85. The Morgan fingerprint density at radius 3 is 2.07 bits per heavy atom. The monoisotopic (exact) mass is 616 g/mol. The van der Waals surface area contributed by atoms with Crippen LogP contribution in [0.2, 0.25) is 0 Å². The molecule has 1 heterocycles. The number of halogens is 6. The van der Waals surface area contributed by atoms with Crippen molar-refractivity contribution < 1.29 is 53.6 Å². The van der Waals surface area contributed by atoms with E-state index < -0.39 is 61.9 Å². The van der Waals surface area contributed by atoms with E-state index in [9.17, 15) is 54.7 Å². The highest BCUT2D eigenvalue weighted by molar-refractivity contribution is 7.88. The van der Waals surface area contributed by atoms with Crippen LogP contribution < -0.4 is 14.8 Å². The molecular formula is C25H18F6N4O6S. The Morgan fingerprint density at radius 1 is 0.952 bits per heavy atom. The van der Waals surface area contributed by atoms with E-state index in [0.29, 0.717) is 6.07 Å². The molecule has 0 aliphatic heterocycles. The summed E-state index contributed by atoms with van der Waals surface area (Å²) in [5.74, 6) is -2.79. The van der Waals surface area contributed by atoms with E-state index in [0.717, 1.165) is 32.0 Å². The normalized spacial score (nSPS) is 12.3. The molecule has 0 bridgehead atoms. The number of alkyl halides is 6. The molecule has 3 aromatic rings. The molecule has 0 aliphatic rings. The summed E-state index contributed by atoms with van der Waals surface area (Å²) in [7, 11) is -6.30. The minimum atomic E-state index is -6.30. The van der Waals surface area contributed by atoms with Gasteiger partial charge in [0.1, 0.15) is 17.0 Å². The molecule has 0 saturated carbocycles. The average molecular weight is 616 g/mol. The van der Waals surface area contributed by atoms with Crippen molar-refractivity contribution in [1.29, 1.82) is 5.26 Å². The lowest BCUT2D eigenvalue weighted by Gasteiger charge is -2.21. The lowest BCUT2D eigenvalue weighted by Crippen LogP contribution is -2.31. The maximum Gasteiger partial charge on any atom is 0.534 e. The van der Waals surface area contributed by atoms with Gasteiger partial charge in [-0.2, -0.15) is 40.0 Å². The van der Waals surface area contributed by atoms with E-state index in [4.69, 9.17) is 0 Å². The molecule has 2 aromatic carbocycles. The van der Waals surface area contributed by atoms with Gasteiger partial charge in [0.05, 0.1) is 11.3 Å². The lowest BCUT2D eigenvalue weighted by atomic mass is 9.86. The second kappa shape index (κ2) is 11.2. The second-order valence-corrected chi connectivity index (χ2v) is 10.5. The second-order valence-electron chi connectivity index (χ2n) is 9.00. The fraction of sp³-hybridized carbons (Fsp3) is 0.200. The number of nitrogens with one attached hydrogen (secondary N) is 2. The van der Waals surface area contributed by atoms with Crippen molar-refractivity contribution in [1.82, 2.24) is 4.98 Å². The molecule has 0 aliphatic carbocycles. The van der Waals surface area contributed by atoms with Gasteiger partial charge in [-0.1, -0.05) is 18.2 Å². The number of aliphatic carboxylic acids is 1. The van der Waals surface area contributed by atoms with Gasteiger partial charge in [-0.05, 0) is 55.8 Å². The fourth-order valence-electron chi connectivity index (χ4n) is 3.30. The van der Waals surface area contributed by atoms with Gasteiger partial charge in [0, 0.05) is 16.9 Å². The summed E-state index contributed by atoms with van der Waals surface area (Å²) >= 11 is 0. The Labute approximate surface area is 233 Å². The van der Waals surface area contributed by atoms with E-state index >= 15 is 0 Å². The summed E-state index contributed by atoms with van der Waals surface area (Å²) in [6, 6.07) is 10.5. The largest absolute Gasteiger partial charge is 0.534 e. The van der Waals surface area contributed by atoms with E-state index in [-0.39, 0.29) is 22.5 Å². The molecule has 3 N–H and O–H groups in total. The molecule has 10 nitrogen and oxygen atoms in total. The van der Waals surface area contributed by atoms with Crippen molar-refractivity contribution >= 4 is 33.5 Å². The number of nitrogens with zero attached hydrogens (tertiary/aromatic N) is 2. The quantitative estimate of drug-likeness (QED) is 0.169. The summed E-state index contributed by atoms with van der Waals surface area (Å²) in [5.41, 5.74) is -10.3. The first kappa shape index (κ1) is 31.7. The Kier molecular flexibility index (Phi) is 8.45. The van der Waals surface area contributed by atoms with Gasteiger partial charge in [-0.15, -0.1) is 0 Å². The standard InChI is InChI=1S/C25H18F6N4O6S/c1-23(2,21(36)37)19-11-17(18(12-32)20(35-19)41-42(39,40)25(29,30)31)13-6-8-15(9-7-13)33-22(38)34-16-5-3-4-14(10-16)24(26,27)28/h3-11H,1-2H3,(H,36,37)(H2,33,34,38). The van der Waals surface area contributed by atoms with Gasteiger partial charge in [-0.3, -0.25) is 4.79 Å². The third kappa shape index (κ3) is 6.89. The first-order valence-electron chi connectivity index (χ1n) is 11.3. The smallest absolute Gasteiger partial charge is 0.481 e. The van der Waals surface area contributed by atoms with Crippen LogP contribution in [0.15, 0.2) is 54.6 Å². The van der Waals surface area contributed by atoms with Gasteiger partial charge < -0.3 is 19.9 Å². The number of pyridine rings is 1. The first-order valence-corrected chi connectivity index (χ1v) is 12.7. The predicted octanol–water partition coefficient (Wildman–Crippen LogP) is 5.87. The molecule has 0 spiro atoms. The van der Waals surface area contributed by atoms with Crippen LogP contribution in [0.3, 0.4) is 0 Å². The molecule has 222 valence electrons. The van der Waals surface area contributed by atoms with Crippen LogP contribution in [0.25, 0.3) is 11.1 Å². The molecule has 0 radical (unpaired) electrons. The molecule has 0 unspecified atom stereocenters. The zero-order valence-electron chi connectivity index (χ0n) is 21.3. The minimum Gasteiger partial charge on any atom is -0.481 e. The Balaban J connectivity index is 1.98. The SMILES string of the molecule is CC(C)(C(=O)O)c1cc(-c2ccc(NC(=O)Nc3cccc(C(F)(F)F)c3)cc2)c(C#N)c(OS(=O)(=O)C(F)(F)F)n1. The number of rotatable bonds is 7. The van der Waals surface area contributed by atoms with Crippen LogP contribution in [0.5, 0.6) is 5.88 Å². The lowest BCUT2D eigenvalue weighted by molar-refractivity contribution is -0.142. The summed E-state index contributed by atoms with van der Waals surface area (Å²) in [5, 5.41) is 23.8. The van der Waals surface area contributed by atoms with Crippen molar-refractivity contribution in [3.8, 4) is 23.1 Å². The molecular weight excluding hydrogens is 598 g/mol. The van der Waals surface area contributed by atoms with Gasteiger partial charge in [0.15, 0.2) is 0 Å². The zero-order valence-corrected chi connectivity index (χ0v) is 22.1. The summed E-state index contributed by atoms with van der Waals surface area (Å²) in [6.45, 7) is 2.26. The number of carbonyl (C=O) groups excluding carboxylic acids is 1. The van der Waals surface area contributed by atoms with Crippen LogP contribution in [0, 0.1) is 11.3 Å². The van der Waals surface area contributed by atoms with Gasteiger partial charge in [-0.25, -0.2) is 9.78 Å². The third-order valence-electron chi connectivity index (χ3n) is 5.65. The molecule has 17 heteroatoms. The Bertz CT molecular complexity index is 1680. The highest BCUT2D eigenvalue weighted by atomic mass is 32.2. The number of amides is 2. The van der Waals surface area contributed by atoms with Crippen molar-refractivity contribution in [3.63, 3.8) is 0 Å². The summed E-state index contributed by atoms with van der Waals surface area (Å²) in [4.78, 5) is 27.7. The molecule has 0 fully saturated rings. The van der Waals surface area contributed by atoms with Gasteiger partial charge in [0.2, 0.25) is 0 Å². The maximum atomic E-state index is 13.0. The molecule has 0 atom stereocenters.